The van der Waals surface area contributed by atoms with Gasteiger partial charge in [0, 0.05) is 19.3 Å². The lowest BCUT2D eigenvalue weighted by atomic mass is 9.89. The molecule has 19 heavy (non-hydrogen) atoms. The Morgan fingerprint density at radius 2 is 2.26 bits per heavy atom. The zero-order chi connectivity index (χ0) is 13.9. The highest BCUT2D eigenvalue weighted by molar-refractivity contribution is 9.10. The molecule has 1 aromatic heterocycles. The number of carbonyl (C=O) groups excluding carboxylic acids is 1. The van der Waals surface area contributed by atoms with Crippen molar-refractivity contribution in [3.05, 3.63) is 28.5 Å². The van der Waals surface area contributed by atoms with E-state index in [9.17, 15) is 10.1 Å². The van der Waals surface area contributed by atoms with Gasteiger partial charge in [0.15, 0.2) is 0 Å². The van der Waals surface area contributed by atoms with E-state index in [1.807, 2.05) is 7.05 Å². The van der Waals surface area contributed by atoms with Crippen molar-refractivity contribution in [1.82, 2.24) is 15.2 Å². The van der Waals surface area contributed by atoms with Crippen molar-refractivity contribution >= 4 is 21.8 Å². The van der Waals surface area contributed by atoms with E-state index >= 15 is 0 Å². The van der Waals surface area contributed by atoms with Crippen LogP contribution < -0.4 is 5.32 Å². The summed E-state index contributed by atoms with van der Waals surface area (Å²) >= 11 is 3.25. The minimum atomic E-state index is -0.765. The van der Waals surface area contributed by atoms with E-state index < -0.39 is 5.54 Å². The summed E-state index contributed by atoms with van der Waals surface area (Å²) in [7, 11) is 2.01. The highest BCUT2D eigenvalue weighted by atomic mass is 79.9. The third kappa shape index (κ3) is 3.11. The van der Waals surface area contributed by atoms with Gasteiger partial charge in [0.1, 0.15) is 10.1 Å². The zero-order valence-corrected chi connectivity index (χ0v) is 12.3. The van der Waals surface area contributed by atoms with E-state index in [0.29, 0.717) is 23.0 Å². The molecule has 2 heterocycles. The van der Waals surface area contributed by atoms with Crippen molar-refractivity contribution in [2.45, 2.75) is 18.4 Å². The lowest BCUT2D eigenvalue weighted by molar-refractivity contribution is 0.0880. The number of hydrogen-bond acceptors (Lipinski definition) is 4. The number of nitrogens with zero attached hydrogens (tertiary/aromatic N) is 3. The third-order valence-corrected chi connectivity index (χ3v) is 4.04. The Morgan fingerprint density at radius 3 is 2.84 bits per heavy atom. The number of aromatic nitrogens is 1. The molecule has 0 aromatic carbocycles. The van der Waals surface area contributed by atoms with Crippen molar-refractivity contribution in [3.63, 3.8) is 0 Å². The summed E-state index contributed by atoms with van der Waals surface area (Å²) in [5.74, 6) is -0.258. The summed E-state index contributed by atoms with van der Waals surface area (Å²) in [6, 6.07) is 5.65. The topological polar surface area (TPSA) is 69.0 Å². The fraction of sp³-hybridized carbons (Fsp3) is 0.462. The number of nitriles is 1. The molecular weight excluding hydrogens is 308 g/mol. The fourth-order valence-electron chi connectivity index (χ4n) is 2.11. The van der Waals surface area contributed by atoms with Crippen LogP contribution in [0.3, 0.4) is 0 Å². The fourth-order valence-corrected chi connectivity index (χ4v) is 2.54. The maximum atomic E-state index is 12.2. The second kappa shape index (κ2) is 5.68. The van der Waals surface area contributed by atoms with Crippen LogP contribution >= 0.6 is 15.9 Å². The molecule has 0 spiro atoms. The number of likely N-dealkylation sites (tertiary alicyclic amines) is 1. The van der Waals surface area contributed by atoms with Gasteiger partial charge >= 0.3 is 0 Å². The number of piperidine rings is 1. The van der Waals surface area contributed by atoms with Crippen LogP contribution in [0.15, 0.2) is 22.9 Å². The summed E-state index contributed by atoms with van der Waals surface area (Å²) in [6.07, 6.45) is 2.89. The molecule has 0 bridgehead atoms. The first-order valence-electron chi connectivity index (χ1n) is 6.09. The van der Waals surface area contributed by atoms with Gasteiger partial charge in [-0.15, -0.1) is 0 Å². The normalized spacial score (nSPS) is 18.6. The van der Waals surface area contributed by atoms with Gasteiger partial charge in [-0.1, -0.05) is 0 Å². The molecule has 6 heteroatoms. The number of nitrogens with one attached hydrogen (secondary N) is 1. The number of halogens is 1. The van der Waals surface area contributed by atoms with Crippen LogP contribution in [0.25, 0.3) is 0 Å². The molecular formula is C13H15BrN4O. The second-order valence-electron chi connectivity index (χ2n) is 4.79. The molecule has 1 aromatic rings. The minimum Gasteiger partial charge on any atom is -0.334 e. The average Bonchev–Trinajstić information content (AvgIpc) is 2.42. The van der Waals surface area contributed by atoms with E-state index in [1.54, 1.807) is 18.3 Å². The summed E-state index contributed by atoms with van der Waals surface area (Å²) in [6.45, 7) is 1.62. The van der Waals surface area contributed by atoms with Crippen LogP contribution in [-0.4, -0.2) is 41.5 Å². The largest absolute Gasteiger partial charge is 0.334 e. The smallest absolute Gasteiger partial charge is 0.255 e. The SMILES string of the molecule is CN1CCC(C#N)(NC(=O)c2cccnc2Br)CC1. The van der Waals surface area contributed by atoms with E-state index in [0.717, 1.165) is 13.1 Å². The number of amides is 1. The van der Waals surface area contributed by atoms with E-state index in [4.69, 9.17) is 0 Å². The second-order valence-corrected chi connectivity index (χ2v) is 5.54. The predicted molar refractivity (Wildman–Crippen MR) is 74.5 cm³/mol. The van der Waals surface area contributed by atoms with Gasteiger partial charge in [0.05, 0.1) is 11.6 Å². The molecule has 0 aliphatic carbocycles. The van der Waals surface area contributed by atoms with Gasteiger partial charge in [-0.25, -0.2) is 4.98 Å². The average molecular weight is 323 g/mol. The summed E-state index contributed by atoms with van der Waals surface area (Å²) < 4.78 is 0.494. The van der Waals surface area contributed by atoms with Crippen molar-refractivity contribution < 1.29 is 4.79 Å². The van der Waals surface area contributed by atoms with Crippen LogP contribution in [-0.2, 0) is 0 Å². The molecule has 5 nitrogen and oxygen atoms in total. The zero-order valence-electron chi connectivity index (χ0n) is 10.7. The molecule has 2 rings (SSSR count). The number of carbonyl (C=O) groups is 1. The Morgan fingerprint density at radius 1 is 1.58 bits per heavy atom. The molecule has 0 radical (unpaired) electrons. The van der Waals surface area contributed by atoms with Crippen LogP contribution in [0.1, 0.15) is 23.2 Å². The monoisotopic (exact) mass is 322 g/mol. The third-order valence-electron chi connectivity index (χ3n) is 3.41. The first-order chi connectivity index (χ1) is 9.06. The molecule has 1 amide bonds. The van der Waals surface area contributed by atoms with Crippen molar-refractivity contribution in [1.29, 1.82) is 5.26 Å². The van der Waals surface area contributed by atoms with Crippen molar-refractivity contribution in [3.8, 4) is 6.07 Å². The Balaban J connectivity index is 2.14. The molecule has 1 N–H and O–H groups in total. The highest BCUT2D eigenvalue weighted by Gasteiger charge is 2.35. The van der Waals surface area contributed by atoms with Gasteiger partial charge in [-0.3, -0.25) is 4.79 Å². The highest BCUT2D eigenvalue weighted by Crippen LogP contribution is 2.22. The molecule has 1 fully saturated rings. The number of hydrogen-bond donors (Lipinski definition) is 1. The molecule has 1 saturated heterocycles. The molecule has 0 saturated carbocycles. The summed E-state index contributed by atoms with van der Waals surface area (Å²) in [5.41, 5.74) is -0.310. The van der Waals surface area contributed by atoms with E-state index in [-0.39, 0.29) is 5.91 Å². The van der Waals surface area contributed by atoms with Crippen LogP contribution in [0.5, 0.6) is 0 Å². The maximum Gasteiger partial charge on any atom is 0.255 e. The lowest BCUT2D eigenvalue weighted by Crippen LogP contribution is -2.53. The first-order valence-corrected chi connectivity index (χ1v) is 6.88. The molecule has 1 aliphatic heterocycles. The van der Waals surface area contributed by atoms with E-state index in [2.05, 4.69) is 37.2 Å². The number of rotatable bonds is 2. The Bertz CT molecular complexity index is 518. The molecule has 1 aliphatic rings. The van der Waals surface area contributed by atoms with Crippen LogP contribution in [0, 0.1) is 11.3 Å². The molecule has 100 valence electrons. The van der Waals surface area contributed by atoms with Gasteiger partial charge in [-0.05, 0) is 48.0 Å². The van der Waals surface area contributed by atoms with Gasteiger partial charge in [0.25, 0.3) is 5.91 Å². The Labute approximate surface area is 120 Å². The standard InChI is InChI=1S/C13H15BrN4O/c1-18-7-4-13(9-15,5-8-18)17-12(19)10-3-2-6-16-11(10)14/h2-3,6H,4-5,7-8H2,1H3,(H,17,19). The summed E-state index contributed by atoms with van der Waals surface area (Å²) in [4.78, 5) is 18.4. The quantitative estimate of drug-likeness (QED) is 0.839. The van der Waals surface area contributed by atoms with Gasteiger partial charge < -0.3 is 10.2 Å². The predicted octanol–water partition coefficient (Wildman–Crippen LogP) is 1.56. The molecule has 0 unspecified atom stereocenters. The van der Waals surface area contributed by atoms with Gasteiger partial charge in [0.2, 0.25) is 0 Å². The van der Waals surface area contributed by atoms with Crippen molar-refractivity contribution in [2.75, 3.05) is 20.1 Å². The lowest BCUT2D eigenvalue weighted by Gasteiger charge is -2.36. The minimum absolute atomic E-state index is 0.258. The first kappa shape index (κ1) is 14.0. The van der Waals surface area contributed by atoms with Crippen LogP contribution in [0.4, 0.5) is 0 Å². The Hall–Kier alpha value is -1.45. The number of pyridine rings is 1. The van der Waals surface area contributed by atoms with Gasteiger partial charge in [-0.2, -0.15) is 5.26 Å². The van der Waals surface area contributed by atoms with Crippen molar-refractivity contribution in [2.24, 2.45) is 0 Å². The Kier molecular flexibility index (Phi) is 4.17. The van der Waals surface area contributed by atoms with E-state index in [1.165, 1.54) is 0 Å². The summed E-state index contributed by atoms with van der Waals surface area (Å²) in [5, 5.41) is 12.2. The van der Waals surface area contributed by atoms with Crippen LogP contribution in [0.2, 0.25) is 0 Å². The molecule has 0 atom stereocenters. The maximum absolute atomic E-state index is 12.2.